The molecule has 38 heavy (non-hydrogen) atoms. The van der Waals surface area contributed by atoms with Crippen molar-refractivity contribution in [1.82, 2.24) is 0 Å². The van der Waals surface area contributed by atoms with E-state index in [-0.39, 0.29) is 19.8 Å². The van der Waals surface area contributed by atoms with E-state index in [1.165, 1.54) is 0 Å². The van der Waals surface area contributed by atoms with Crippen LogP contribution in [0.25, 0.3) is 0 Å². The third-order valence-electron chi connectivity index (χ3n) is 5.71. The number of esters is 1. The topological polar surface area (TPSA) is 158 Å². The molecule has 8 N–H and O–H groups in total. The van der Waals surface area contributed by atoms with Crippen molar-refractivity contribution in [2.75, 3.05) is 42.8 Å². The fourth-order valence-electron chi connectivity index (χ4n) is 3.41. The van der Waals surface area contributed by atoms with Crippen molar-refractivity contribution in [1.29, 1.82) is 0 Å². The molecule has 0 bridgehead atoms. The predicted molar refractivity (Wildman–Crippen MR) is 148 cm³/mol. The number of rotatable bonds is 11. The van der Waals surface area contributed by atoms with Crippen LogP contribution in [0.1, 0.15) is 0 Å². The lowest BCUT2D eigenvalue weighted by atomic mass is 9.91. The molecule has 0 aliphatic carbocycles. The molecular weight excluding hydrogens is 484 g/mol. The summed E-state index contributed by atoms with van der Waals surface area (Å²) in [6.45, 7) is -0.349. The minimum atomic E-state index is -1.40. The fourth-order valence-corrected chi connectivity index (χ4v) is 3.41. The van der Waals surface area contributed by atoms with Crippen LogP contribution < -0.4 is 41.9 Å². The summed E-state index contributed by atoms with van der Waals surface area (Å²) in [6, 6.07) is 27.0. The number of ether oxygens (including phenoxy) is 4. The molecule has 0 aliphatic rings. The Morgan fingerprint density at radius 1 is 0.474 bits per heavy atom. The molecular formula is C29H30N4O5. The Balaban J connectivity index is 1.64. The van der Waals surface area contributed by atoms with E-state index in [0.717, 1.165) is 0 Å². The van der Waals surface area contributed by atoms with Crippen molar-refractivity contribution in [3.63, 3.8) is 0 Å². The Morgan fingerprint density at radius 2 is 0.737 bits per heavy atom. The van der Waals surface area contributed by atoms with E-state index in [1.54, 1.807) is 97.1 Å². The highest BCUT2D eigenvalue weighted by Gasteiger charge is 2.44. The maximum Gasteiger partial charge on any atom is 0.328 e. The number of anilines is 4. The summed E-state index contributed by atoms with van der Waals surface area (Å²) in [6.07, 6.45) is 0. The second-order valence-corrected chi connectivity index (χ2v) is 8.81. The summed E-state index contributed by atoms with van der Waals surface area (Å²) in [5, 5.41) is 0. The number of carbonyl (C=O) groups is 1. The molecule has 4 rings (SSSR count). The minimum Gasteiger partial charge on any atom is -0.492 e. The molecule has 0 aromatic heterocycles. The van der Waals surface area contributed by atoms with E-state index in [1.807, 2.05) is 0 Å². The summed E-state index contributed by atoms with van der Waals surface area (Å²) >= 11 is 0. The van der Waals surface area contributed by atoms with Crippen LogP contribution in [0, 0.1) is 5.41 Å². The van der Waals surface area contributed by atoms with Gasteiger partial charge in [-0.3, -0.25) is 4.79 Å². The van der Waals surface area contributed by atoms with Crippen LogP contribution in [-0.4, -0.2) is 25.8 Å². The lowest BCUT2D eigenvalue weighted by molar-refractivity contribution is -0.152. The number of nitrogens with two attached hydrogens (primary N) is 4. The van der Waals surface area contributed by atoms with Gasteiger partial charge in [0.2, 0.25) is 0 Å². The SMILES string of the molecule is Nc1ccc(OCC(COc2ccc(N)cc2)(COc2ccc(N)cc2)C(=O)Oc2ccc(N)cc2)cc1. The smallest absolute Gasteiger partial charge is 0.328 e. The number of hydrogen-bond acceptors (Lipinski definition) is 9. The van der Waals surface area contributed by atoms with Gasteiger partial charge in [-0.1, -0.05) is 0 Å². The van der Waals surface area contributed by atoms with E-state index in [4.69, 9.17) is 41.9 Å². The van der Waals surface area contributed by atoms with Gasteiger partial charge in [0, 0.05) is 22.7 Å². The van der Waals surface area contributed by atoms with E-state index in [2.05, 4.69) is 0 Å². The van der Waals surface area contributed by atoms with Gasteiger partial charge in [0.05, 0.1) is 0 Å². The van der Waals surface area contributed by atoms with Crippen LogP contribution in [0.2, 0.25) is 0 Å². The highest BCUT2D eigenvalue weighted by molar-refractivity contribution is 5.80. The highest BCUT2D eigenvalue weighted by Crippen LogP contribution is 2.28. The van der Waals surface area contributed by atoms with Gasteiger partial charge in [0.25, 0.3) is 0 Å². The van der Waals surface area contributed by atoms with Crippen molar-refractivity contribution >= 4 is 28.7 Å². The third-order valence-corrected chi connectivity index (χ3v) is 5.71. The predicted octanol–water partition coefficient (Wildman–Crippen LogP) is 4.14. The van der Waals surface area contributed by atoms with Gasteiger partial charge in [0.1, 0.15) is 42.8 Å². The molecule has 9 nitrogen and oxygen atoms in total. The van der Waals surface area contributed by atoms with Crippen LogP contribution in [-0.2, 0) is 4.79 Å². The molecule has 0 heterocycles. The number of hydrogen-bond donors (Lipinski definition) is 4. The molecule has 0 saturated heterocycles. The first-order chi connectivity index (χ1) is 18.3. The first-order valence-corrected chi connectivity index (χ1v) is 11.8. The quantitative estimate of drug-likeness (QED) is 0.131. The summed E-state index contributed by atoms with van der Waals surface area (Å²) in [7, 11) is 0. The normalized spacial score (nSPS) is 10.9. The summed E-state index contributed by atoms with van der Waals surface area (Å²) in [5.41, 5.74) is 24.1. The number of carbonyl (C=O) groups excluding carboxylic acids is 1. The molecule has 0 radical (unpaired) electrons. The van der Waals surface area contributed by atoms with Crippen molar-refractivity contribution in [2.24, 2.45) is 5.41 Å². The van der Waals surface area contributed by atoms with Crippen molar-refractivity contribution in [3.05, 3.63) is 97.1 Å². The number of benzene rings is 4. The van der Waals surface area contributed by atoms with E-state index in [9.17, 15) is 4.79 Å². The maximum atomic E-state index is 13.8. The zero-order valence-corrected chi connectivity index (χ0v) is 20.7. The summed E-state index contributed by atoms with van der Waals surface area (Å²) < 4.78 is 23.9. The largest absolute Gasteiger partial charge is 0.492 e. The van der Waals surface area contributed by atoms with Crippen molar-refractivity contribution in [3.8, 4) is 23.0 Å². The molecule has 0 amide bonds. The van der Waals surface area contributed by atoms with Gasteiger partial charge < -0.3 is 41.9 Å². The minimum absolute atomic E-state index is 0.116. The Hall–Kier alpha value is -5.05. The Morgan fingerprint density at radius 3 is 1.03 bits per heavy atom. The van der Waals surface area contributed by atoms with Gasteiger partial charge in [-0.25, -0.2) is 0 Å². The van der Waals surface area contributed by atoms with E-state index in [0.29, 0.717) is 45.7 Å². The van der Waals surface area contributed by atoms with Gasteiger partial charge in [0.15, 0.2) is 5.41 Å². The van der Waals surface area contributed by atoms with Crippen LogP contribution in [0.15, 0.2) is 97.1 Å². The van der Waals surface area contributed by atoms with Crippen molar-refractivity contribution < 1.29 is 23.7 Å². The first-order valence-electron chi connectivity index (χ1n) is 11.8. The summed E-state index contributed by atoms with van der Waals surface area (Å²) in [4.78, 5) is 13.8. The zero-order valence-electron chi connectivity index (χ0n) is 20.7. The molecule has 0 spiro atoms. The monoisotopic (exact) mass is 514 g/mol. The van der Waals surface area contributed by atoms with Gasteiger partial charge in [-0.05, 0) is 97.1 Å². The van der Waals surface area contributed by atoms with E-state index >= 15 is 0 Å². The second-order valence-electron chi connectivity index (χ2n) is 8.81. The molecule has 0 atom stereocenters. The lowest BCUT2D eigenvalue weighted by Gasteiger charge is -2.31. The average molecular weight is 515 g/mol. The van der Waals surface area contributed by atoms with Gasteiger partial charge in [-0.2, -0.15) is 0 Å². The van der Waals surface area contributed by atoms with E-state index < -0.39 is 11.4 Å². The highest BCUT2D eigenvalue weighted by atomic mass is 16.6. The number of nitrogen functional groups attached to an aromatic ring is 4. The lowest BCUT2D eigenvalue weighted by Crippen LogP contribution is -2.49. The molecule has 4 aromatic carbocycles. The fraction of sp³-hybridized carbons (Fsp3) is 0.138. The molecule has 0 unspecified atom stereocenters. The Kier molecular flexibility index (Phi) is 8.07. The molecule has 0 fully saturated rings. The Bertz CT molecular complexity index is 1210. The molecule has 0 aliphatic heterocycles. The standard InChI is InChI=1S/C29H30N4O5/c30-20-1-9-24(10-2-20)35-17-29(18-36-25-11-3-21(31)4-12-25,19-37-26-13-5-22(32)6-14-26)28(34)38-27-15-7-23(33)8-16-27/h1-16H,17-19,30-33H2. The zero-order chi connectivity index (χ0) is 27.0. The second kappa shape index (κ2) is 11.8. The first kappa shape index (κ1) is 26.0. The third kappa shape index (κ3) is 7.01. The molecule has 4 aromatic rings. The van der Waals surface area contributed by atoms with Crippen LogP contribution >= 0.6 is 0 Å². The van der Waals surface area contributed by atoms with Gasteiger partial charge in [-0.15, -0.1) is 0 Å². The Labute approximate surface area is 220 Å². The summed E-state index contributed by atoms with van der Waals surface area (Å²) in [5.74, 6) is 1.26. The molecule has 9 heteroatoms. The van der Waals surface area contributed by atoms with Crippen molar-refractivity contribution in [2.45, 2.75) is 0 Å². The molecule has 196 valence electrons. The van der Waals surface area contributed by atoms with Crippen LogP contribution in [0.5, 0.6) is 23.0 Å². The van der Waals surface area contributed by atoms with Crippen LogP contribution in [0.4, 0.5) is 22.7 Å². The van der Waals surface area contributed by atoms with Gasteiger partial charge >= 0.3 is 5.97 Å². The van der Waals surface area contributed by atoms with Crippen LogP contribution in [0.3, 0.4) is 0 Å². The average Bonchev–Trinajstić information content (AvgIpc) is 2.92. The molecule has 0 saturated carbocycles. The maximum absolute atomic E-state index is 13.8.